The van der Waals surface area contributed by atoms with Gasteiger partial charge in [-0.3, -0.25) is 19.2 Å². The lowest BCUT2D eigenvalue weighted by atomic mass is 9.79. The van der Waals surface area contributed by atoms with Crippen molar-refractivity contribution >= 4 is 112 Å². The van der Waals surface area contributed by atoms with Crippen molar-refractivity contribution in [3.8, 4) is 46.7 Å². The summed E-state index contributed by atoms with van der Waals surface area (Å²) in [4.78, 5) is 71.2. The Hall–Kier alpha value is -12.6. The summed E-state index contributed by atoms with van der Waals surface area (Å²) in [6, 6.07) is 70.8. The zero-order valence-electron chi connectivity index (χ0n) is 60.1. The summed E-state index contributed by atoms with van der Waals surface area (Å²) in [5.41, 5.74) is 13.8. The topological polar surface area (TPSA) is 118 Å². The lowest BCUT2D eigenvalue weighted by molar-refractivity contribution is 0.0877. The van der Waals surface area contributed by atoms with Gasteiger partial charge in [0.1, 0.15) is 23.0 Å². The molecule has 0 spiro atoms. The molecule has 0 aliphatic carbocycles. The van der Waals surface area contributed by atoms with Crippen molar-refractivity contribution in [2.24, 2.45) is 0 Å². The molecule has 512 valence electrons. The lowest BCUT2D eigenvalue weighted by Gasteiger charge is -2.34. The first-order chi connectivity index (χ1) is 50.4. The van der Waals surface area contributed by atoms with Gasteiger partial charge in [0.2, 0.25) is 0 Å². The van der Waals surface area contributed by atoms with Gasteiger partial charge in [0.15, 0.2) is 0 Å². The van der Waals surface area contributed by atoms with E-state index in [1.54, 1.807) is 28.4 Å². The smallest absolute Gasteiger partial charge is 0.266 e. The van der Waals surface area contributed by atoms with Crippen LogP contribution in [0.25, 0.3) is 43.1 Å². The van der Waals surface area contributed by atoms with E-state index in [-0.39, 0.29) is 23.7 Å². The SMILES string of the molecule is COc1ccc(N(c2ccc(C#Cc3cc4c5c(ccc6c7c(C#Cc8ccc(N(c9ccc(OC)cc9)c9ccc(OC)cc9)cc8)cc8c9c(ccc(c3c56)c97)C(=O)N(c3c(C(C)C)cccc3C(C)C)C8=O)C(=O)N(c3c(C(C)C)cccc3C(C)C)C4=O)cc2)c2ccc(OC)cc2)cc1. The van der Waals surface area contributed by atoms with Gasteiger partial charge in [-0.2, -0.15) is 0 Å². The maximum Gasteiger partial charge on any atom is 0.266 e. The highest BCUT2D eigenvalue weighted by atomic mass is 16.5. The van der Waals surface area contributed by atoms with E-state index in [2.05, 4.69) is 88.9 Å². The molecule has 12 heteroatoms. The van der Waals surface area contributed by atoms with Crippen molar-refractivity contribution in [3.63, 3.8) is 0 Å². The standard InChI is InChI=1S/C92H76N4O8/c1-53(2)71-15-13-16-72(54(3)4)87(71)95-89(97)77-49-47-75-82-60(26-20-58-23-29-62(30-24-58)94(65-35-43-69(103-11)44-36-65)66-37-45-70(104-12)46-38-66)52-80-84-78(90(98)96(92(80)100)88-73(55(5)6)17-14-18-74(88)56(7)8)50-48-76(86(82)84)81-59(51-79(91(95)99)83(77)85(75)81)25-19-57-21-27-61(28-22-57)93(63-31-39-67(101-9)40-32-63)64-33-41-68(102-10)42-34-64/h13-18,21-24,27-56H,1-12H3. The Balaban J connectivity index is 0.978. The van der Waals surface area contributed by atoms with Crippen molar-refractivity contribution in [1.29, 1.82) is 0 Å². The van der Waals surface area contributed by atoms with Gasteiger partial charge in [-0.05, 0) is 227 Å². The molecule has 0 aromatic heterocycles. The molecule has 12 nitrogen and oxygen atoms in total. The van der Waals surface area contributed by atoms with Gasteiger partial charge in [-0.1, -0.05) is 128 Å². The fourth-order valence-electron chi connectivity index (χ4n) is 15.1. The minimum absolute atomic E-state index is 0.0362. The maximum absolute atomic E-state index is 16.2. The summed E-state index contributed by atoms with van der Waals surface area (Å²) in [7, 11) is 6.59. The molecular weight excluding hydrogens is 1290 g/mol. The molecule has 0 radical (unpaired) electrons. The number of hydrogen-bond acceptors (Lipinski definition) is 10. The predicted octanol–water partition coefficient (Wildman–Crippen LogP) is 21.6. The molecule has 0 N–H and O–H groups in total. The number of hydrogen-bond donors (Lipinski definition) is 0. The molecule has 2 aliphatic heterocycles. The first kappa shape index (κ1) is 67.2. The lowest BCUT2D eigenvalue weighted by Crippen LogP contribution is -2.42. The van der Waals surface area contributed by atoms with Crippen molar-refractivity contribution in [2.45, 2.75) is 79.1 Å². The molecule has 0 fully saturated rings. The summed E-state index contributed by atoms with van der Waals surface area (Å²) < 4.78 is 22.2. The van der Waals surface area contributed by atoms with Crippen LogP contribution in [0.15, 0.2) is 218 Å². The van der Waals surface area contributed by atoms with E-state index < -0.39 is 23.6 Å². The highest BCUT2D eigenvalue weighted by Gasteiger charge is 2.42. The Morgan fingerprint density at radius 3 is 0.808 bits per heavy atom. The van der Waals surface area contributed by atoms with E-state index in [1.807, 2.05) is 218 Å². The average molecular weight is 1370 g/mol. The zero-order chi connectivity index (χ0) is 72.5. The van der Waals surface area contributed by atoms with Crippen LogP contribution in [0.3, 0.4) is 0 Å². The number of carbonyl (C=O) groups excluding carboxylic acids is 4. The van der Waals surface area contributed by atoms with Gasteiger partial charge < -0.3 is 28.7 Å². The Labute approximate surface area is 605 Å². The molecule has 0 unspecified atom stereocenters. The van der Waals surface area contributed by atoms with Gasteiger partial charge in [-0.25, -0.2) is 9.80 Å². The normalized spacial score (nSPS) is 12.7. The third kappa shape index (κ3) is 11.4. The predicted molar refractivity (Wildman–Crippen MR) is 420 cm³/mol. The summed E-state index contributed by atoms with van der Waals surface area (Å²) in [5.74, 6) is 15.3. The van der Waals surface area contributed by atoms with Gasteiger partial charge in [0.25, 0.3) is 23.6 Å². The number of methoxy groups -OCH3 is 4. The van der Waals surface area contributed by atoms with Crippen LogP contribution in [0.4, 0.5) is 45.5 Å². The molecule has 104 heavy (non-hydrogen) atoms. The Morgan fingerprint density at radius 2 is 0.548 bits per heavy atom. The molecule has 2 heterocycles. The molecule has 13 aromatic rings. The second-order valence-electron chi connectivity index (χ2n) is 27.7. The molecular formula is C92H76N4O8. The molecule has 0 saturated heterocycles. The fraction of sp³-hybridized carbons (Fsp3) is 0.174. The molecule has 15 rings (SSSR count). The minimum atomic E-state index is -0.471. The first-order valence-corrected chi connectivity index (χ1v) is 35.1. The average Bonchev–Trinajstić information content (AvgIpc) is 0.678. The number of carbonyl (C=O) groups is 4. The van der Waals surface area contributed by atoms with E-state index >= 15 is 19.2 Å². The number of fused-ring (bicyclic) bond motifs is 2. The quantitative estimate of drug-likeness (QED) is 0.0400. The van der Waals surface area contributed by atoms with Crippen molar-refractivity contribution in [3.05, 3.63) is 285 Å². The highest BCUT2D eigenvalue weighted by Crippen LogP contribution is 2.52. The van der Waals surface area contributed by atoms with Crippen molar-refractivity contribution in [1.82, 2.24) is 0 Å². The Morgan fingerprint density at radius 1 is 0.288 bits per heavy atom. The summed E-state index contributed by atoms with van der Waals surface area (Å²) in [5, 5.41) is 4.91. The molecule has 4 amide bonds. The Kier molecular flexibility index (Phi) is 17.5. The van der Waals surface area contributed by atoms with E-state index in [0.29, 0.717) is 99.0 Å². The largest absolute Gasteiger partial charge is 0.497 e. The number of rotatable bonds is 16. The molecule has 0 atom stereocenters. The summed E-state index contributed by atoms with van der Waals surface area (Å²) >= 11 is 0. The van der Waals surface area contributed by atoms with E-state index in [9.17, 15) is 0 Å². The number of ether oxygens (including phenoxy) is 4. The zero-order valence-corrected chi connectivity index (χ0v) is 60.1. The maximum atomic E-state index is 16.2. The van der Waals surface area contributed by atoms with Crippen LogP contribution in [0.5, 0.6) is 23.0 Å². The van der Waals surface area contributed by atoms with Crippen LogP contribution in [-0.2, 0) is 0 Å². The van der Waals surface area contributed by atoms with Gasteiger partial charge in [0.05, 0.1) is 50.9 Å². The van der Waals surface area contributed by atoms with Crippen molar-refractivity contribution in [2.75, 3.05) is 48.0 Å². The Bertz CT molecular complexity index is 5250. The van der Waals surface area contributed by atoms with Crippen LogP contribution in [0.2, 0.25) is 0 Å². The number of amides is 4. The number of imide groups is 2. The van der Waals surface area contributed by atoms with E-state index in [0.717, 1.165) is 79.4 Å². The number of nitrogens with zero attached hydrogens (tertiary/aromatic N) is 4. The van der Waals surface area contributed by atoms with E-state index in [1.165, 1.54) is 9.80 Å². The van der Waals surface area contributed by atoms with Gasteiger partial charge in [0, 0.05) is 99.8 Å². The molecule has 0 saturated carbocycles. The van der Waals surface area contributed by atoms with Crippen LogP contribution < -0.4 is 38.5 Å². The van der Waals surface area contributed by atoms with E-state index in [4.69, 9.17) is 18.9 Å². The summed E-state index contributed by atoms with van der Waals surface area (Å²) in [6.45, 7) is 16.6. The first-order valence-electron chi connectivity index (χ1n) is 35.1. The fourth-order valence-corrected chi connectivity index (χ4v) is 15.1. The monoisotopic (exact) mass is 1360 g/mol. The highest BCUT2D eigenvalue weighted by molar-refractivity contribution is 6.46. The van der Waals surface area contributed by atoms with Crippen LogP contribution >= 0.6 is 0 Å². The number of benzene rings is 13. The third-order valence-corrected chi connectivity index (χ3v) is 20.2. The molecule has 0 bridgehead atoms. The summed E-state index contributed by atoms with van der Waals surface area (Å²) in [6.07, 6.45) is 0. The third-order valence-electron chi connectivity index (χ3n) is 20.2. The molecule has 2 aliphatic rings. The number of para-hydroxylation sites is 2. The van der Waals surface area contributed by atoms with Crippen LogP contribution in [-0.4, -0.2) is 52.1 Å². The molecule has 13 aromatic carbocycles. The van der Waals surface area contributed by atoms with Crippen LogP contribution in [0.1, 0.15) is 165 Å². The second kappa shape index (κ2) is 27.0. The minimum Gasteiger partial charge on any atom is -0.497 e. The number of anilines is 8. The van der Waals surface area contributed by atoms with Gasteiger partial charge >= 0.3 is 0 Å². The van der Waals surface area contributed by atoms with Crippen molar-refractivity contribution < 1.29 is 38.1 Å². The second-order valence-corrected chi connectivity index (χ2v) is 27.7. The van der Waals surface area contributed by atoms with Gasteiger partial charge in [-0.15, -0.1) is 0 Å². The van der Waals surface area contributed by atoms with Crippen LogP contribution in [0, 0.1) is 23.7 Å².